The van der Waals surface area contributed by atoms with Crippen molar-refractivity contribution >= 4 is 5.91 Å². The van der Waals surface area contributed by atoms with Gasteiger partial charge in [0.15, 0.2) is 0 Å². The second-order valence-electron chi connectivity index (χ2n) is 4.82. The zero-order chi connectivity index (χ0) is 12.8. The van der Waals surface area contributed by atoms with Crippen molar-refractivity contribution in [3.63, 3.8) is 0 Å². The number of hydrogen-bond acceptors (Lipinski definition) is 3. The molecule has 1 saturated carbocycles. The van der Waals surface area contributed by atoms with Gasteiger partial charge in [0.1, 0.15) is 0 Å². The molecule has 0 aromatic carbocycles. The van der Waals surface area contributed by atoms with E-state index in [1.807, 2.05) is 23.1 Å². The number of amides is 1. The lowest BCUT2D eigenvalue weighted by molar-refractivity contribution is -0.134. The van der Waals surface area contributed by atoms with Gasteiger partial charge in [0.05, 0.1) is 12.2 Å². The number of nitrogens with zero attached hydrogens (tertiary/aromatic N) is 2. The van der Waals surface area contributed by atoms with Crippen molar-refractivity contribution in [1.29, 1.82) is 0 Å². The van der Waals surface area contributed by atoms with Gasteiger partial charge in [-0.25, -0.2) is 0 Å². The van der Waals surface area contributed by atoms with Gasteiger partial charge in [-0.2, -0.15) is 0 Å². The van der Waals surface area contributed by atoms with Crippen LogP contribution in [-0.2, 0) is 11.3 Å². The Kier molecular flexibility index (Phi) is 4.70. The molecule has 0 saturated heterocycles. The van der Waals surface area contributed by atoms with E-state index in [0.29, 0.717) is 25.6 Å². The molecule has 4 heteroatoms. The maximum Gasteiger partial charge on any atom is 0.224 e. The van der Waals surface area contributed by atoms with E-state index in [2.05, 4.69) is 4.98 Å². The first-order valence-corrected chi connectivity index (χ1v) is 6.70. The minimum Gasteiger partial charge on any atom is -0.334 e. The maximum absolute atomic E-state index is 12.2. The first-order chi connectivity index (χ1) is 8.81. The fourth-order valence-electron chi connectivity index (χ4n) is 2.57. The molecule has 1 aromatic rings. The van der Waals surface area contributed by atoms with E-state index in [1.54, 1.807) is 6.20 Å². The van der Waals surface area contributed by atoms with Crippen molar-refractivity contribution in [2.24, 2.45) is 5.73 Å². The Morgan fingerprint density at radius 1 is 1.39 bits per heavy atom. The number of rotatable bonds is 5. The molecule has 1 aliphatic rings. The predicted octanol–water partition coefficient (Wildman–Crippen LogP) is 1.70. The third-order valence-electron chi connectivity index (χ3n) is 3.50. The maximum atomic E-state index is 12.2. The van der Waals surface area contributed by atoms with Crippen LogP contribution in [0.15, 0.2) is 24.4 Å². The van der Waals surface area contributed by atoms with Crippen LogP contribution < -0.4 is 5.73 Å². The highest BCUT2D eigenvalue weighted by molar-refractivity contribution is 5.76. The molecule has 0 spiro atoms. The molecule has 0 radical (unpaired) electrons. The highest BCUT2D eigenvalue weighted by Gasteiger charge is 2.26. The van der Waals surface area contributed by atoms with Crippen LogP contribution in [0.3, 0.4) is 0 Å². The minimum atomic E-state index is 0.162. The summed E-state index contributed by atoms with van der Waals surface area (Å²) in [6.07, 6.45) is 6.88. The van der Waals surface area contributed by atoms with E-state index in [1.165, 1.54) is 12.8 Å². The van der Waals surface area contributed by atoms with Crippen molar-refractivity contribution in [3.8, 4) is 0 Å². The normalized spacial score (nSPS) is 15.8. The Labute approximate surface area is 108 Å². The number of aromatic nitrogens is 1. The Hall–Kier alpha value is -1.42. The third-order valence-corrected chi connectivity index (χ3v) is 3.50. The van der Waals surface area contributed by atoms with E-state index >= 15 is 0 Å². The molecule has 4 nitrogen and oxygen atoms in total. The summed E-state index contributed by atoms with van der Waals surface area (Å²) in [5, 5.41) is 0. The van der Waals surface area contributed by atoms with Gasteiger partial charge in [0, 0.05) is 25.2 Å². The summed E-state index contributed by atoms with van der Waals surface area (Å²) in [6.45, 7) is 1.04. The molecule has 1 fully saturated rings. The van der Waals surface area contributed by atoms with Crippen molar-refractivity contribution in [2.45, 2.75) is 44.7 Å². The largest absolute Gasteiger partial charge is 0.334 e. The number of pyridine rings is 1. The van der Waals surface area contributed by atoms with Gasteiger partial charge in [-0.15, -0.1) is 0 Å². The fraction of sp³-hybridized carbons (Fsp3) is 0.571. The number of hydrogen-bond donors (Lipinski definition) is 1. The first-order valence-electron chi connectivity index (χ1n) is 6.70. The van der Waals surface area contributed by atoms with Crippen LogP contribution in [0.4, 0.5) is 0 Å². The van der Waals surface area contributed by atoms with Gasteiger partial charge < -0.3 is 10.6 Å². The molecule has 18 heavy (non-hydrogen) atoms. The van der Waals surface area contributed by atoms with E-state index in [0.717, 1.165) is 18.5 Å². The summed E-state index contributed by atoms with van der Waals surface area (Å²) in [5.41, 5.74) is 6.45. The van der Waals surface area contributed by atoms with Crippen LogP contribution in [0.1, 0.15) is 37.8 Å². The molecule has 0 atom stereocenters. The summed E-state index contributed by atoms with van der Waals surface area (Å²) in [5.74, 6) is 0.162. The lowest BCUT2D eigenvalue weighted by atomic mass is 10.1. The van der Waals surface area contributed by atoms with Gasteiger partial charge >= 0.3 is 0 Å². The van der Waals surface area contributed by atoms with E-state index < -0.39 is 0 Å². The molecule has 1 aliphatic carbocycles. The van der Waals surface area contributed by atoms with E-state index in [4.69, 9.17) is 5.73 Å². The summed E-state index contributed by atoms with van der Waals surface area (Å²) in [7, 11) is 0. The van der Waals surface area contributed by atoms with Crippen molar-refractivity contribution < 1.29 is 4.79 Å². The second-order valence-corrected chi connectivity index (χ2v) is 4.82. The zero-order valence-electron chi connectivity index (χ0n) is 10.7. The Balaban J connectivity index is 2.06. The van der Waals surface area contributed by atoms with Gasteiger partial charge in [0.2, 0.25) is 5.91 Å². The first kappa shape index (κ1) is 13.0. The standard InChI is InChI=1S/C14H21N3O/c15-9-8-14(18)17(13-6-1-2-7-13)11-12-5-3-4-10-16-12/h3-5,10,13H,1-2,6-9,11,15H2. The van der Waals surface area contributed by atoms with Gasteiger partial charge in [0.25, 0.3) is 0 Å². The van der Waals surface area contributed by atoms with Crippen LogP contribution in [0, 0.1) is 0 Å². The van der Waals surface area contributed by atoms with Crippen molar-refractivity contribution in [3.05, 3.63) is 30.1 Å². The third kappa shape index (κ3) is 3.29. The quantitative estimate of drug-likeness (QED) is 0.861. The van der Waals surface area contributed by atoms with Crippen LogP contribution in [0.25, 0.3) is 0 Å². The Morgan fingerprint density at radius 2 is 2.17 bits per heavy atom. The predicted molar refractivity (Wildman–Crippen MR) is 70.7 cm³/mol. The molecule has 0 aliphatic heterocycles. The molecule has 0 bridgehead atoms. The molecular weight excluding hydrogens is 226 g/mol. The van der Waals surface area contributed by atoms with Crippen LogP contribution in [0.2, 0.25) is 0 Å². The Bertz CT molecular complexity index is 374. The second kappa shape index (κ2) is 6.50. The number of nitrogens with two attached hydrogens (primary N) is 1. The molecule has 1 heterocycles. The van der Waals surface area contributed by atoms with E-state index in [-0.39, 0.29) is 5.91 Å². The monoisotopic (exact) mass is 247 g/mol. The van der Waals surface area contributed by atoms with Crippen LogP contribution in [0.5, 0.6) is 0 Å². The summed E-state index contributed by atoms with van der Waals surface area (Å²) in [6, 6.07) is 6.21. The van der Waals surface area contributed by atoms with Gasteiger partial charge in [-0.1, -0.05) is 18.9 Å². The molecule has 2 rings (SSSR count). The summed E-state index contributed by atoms with van der Waals surface area (Å²) < 4.78 is 0. The topological polar surface area (TPSA) is 59.2 Å². The molecular formula is C14H21N3O. The smallest absolute Gasteiger partial charge is 0.224 e. The highest BCUT2D eigenvalue weighted by atomic mass is 16.2. The molecule has 1 aromatic heterocycles. The highest BCUT2D eigenvalue weighted by Crippen LogP contribution is 2.25. The molecule has 98 valence electrons. The van der Waals surface area contributed by atoms with Crippen LogP contribution in [-0.4, -0.2) is 28.4 Å². The van der Waals surface area contributed by atoms with Crippen molar-refractivity contribution in [2.75, 3.05) is 6.54 Å². The lowest BCUT2D eigenvalue weighted by Crippen LogP contribution is -2.39. The molecule has 0 unspecified atom stereocenters. The average molecular weight is 247 g/mol. The zero-order valence-corrected chi connectivity index (χ0v) is 10.7. The van der Waals surface area contributed by atoms with Crippen LogP contribution >= 0.6 is 0 Å². The van der Waals surface area contributed by atoms with Gasteiger partial charge in [-0.05, 0) is 25.0 Å². The van der Waals surface area contributed by atoms with E-state index in [9.17, 15) is 4.79 Å². The summed E-state index contributed by atoms with van der Waals surface area (Å²) >= 11 is 0. The average Bonchev–Trinajstić information content (AvgIpc) is 2.91. The SMILES string of the molecule is NCCC(=O)N(Cc1ccccn1)C1CCCC1. The lowest BCUT2D eigenvalue weighted by Gasteiger charge is -2.28. The molecule has 2 N–H and O–H groups in total. The fourth-order valence-corrected chi connectivity index (χ4v) is 2.57. The van der Waals surface area contributed by atoms with Crippen molar-refractivity contribution in [1.82, 2.24) is 9.88 Å². The Morgan fingerprint density at radius 3 is 2.78 bits per heavy atom. The number of carbonyl (C=O) groups excluding carboxylic acids is 1. The minimum absolute atomic E-state index is 0.162. The number of carbonyl (C=O) groups is 1. The van der Waals surface area contributed by atoms with Gasteiger partial charge in [-0.3, -0.25) is 9.78 Å². The molecule has 1 amide bonds. The summed E-state index contributed by atoms with van der Waals surface area (Å²) in [4.78, 5) is 18.4.